The van der Waals surface area contributed by atoms with Crippen molar-refractivity contribution >= 4 is 21.7 Å². The lowest BCUT2D eigenvalue weighted by atomic mass is 10.1. The van der Waals surface area contributed by atoms with E-state index in [1.54, 1.807) is 7.11 Å². The number of methoxy groups -OCH3 is 1. The van der Waals surface area contributed by atoms with Gasteiger partial charge in [-0.3, -0.25) is 0 Å². The number of benzene rings is 1. The molecule has 1 aromatic heterocycles. The highest BCUT2D eigenvalue weighted by Gasteiger charge is 2.13. The standard InChI is InChI=1S/C15H18BrN3O/c1-3-6-12-13(16)14(17)19-15(18-12)11-8-5-4-7-10(11)9-20-2/h4-5,7-8H,3,6,9H2,1-2H3,(H2,17,18,19). The number of aromatic nitrogens is 2. The van der Waals surface area contributed by atoms with Gasteiger partial charge in [-0.15, -0.1) is 0 Å². The summed E-state index contributed by atoms with van der Waals surface area (Å²) in [6.07, 6.45) is 1.88. The van der Waals surface area contributed by atoms with Crippen LogP contribution in [0.25, 0.3) is 11.4 Å². The maximum Gasteiger partial charge on any atom is 0.162 e. The van der Waals surface area contributed by atoms with Crippen molar-refractivity contribution in [2.24, 2.45) is 0 Å². The van der Waals surface area contributed by atoms with E-state index in [0.29, 0.717) is 18.2 Å². The van der Waals surface area contributed by atoms with Gasteiger partial charge in [-0.1, -0.05) is 37.6 Å². The number of aryl methyl sites for hydroxylation is 1. The van der Waals surface area contributed by atoms with Gasteiger partial charge in [-0.25, -0.2) is 9.97 Å². The van der Waals surface area contributed by atoms with Crippen LogP contribution in [0.5, 0.6) is 0 Å². The lowest BCUT2D eigenvalue weighted by Gasteiger charge is -2.11. The number of nitrogen functional groups attached to an aromatic ring is 1. The van der Waals surface area contributed by atoms with Crippen LogP contribution in [0.4, 0.5) is 5.82 Å². The predicted octanol–water partition coefficient (Wildman–Crippen LogP) is 3.59. The number of nitrogens with two attached hydrogens (primary N) is 1. The number of anilines is 1. The first-order valence-electron chi connectivity index (χ1n) is 6.56. The molecule has 2 aromatic rings. The Morgan fingerprint density at radius 3 is 2.70 bits per heavy atom. The molecular weight excluding hydrogens is 318 g/mol. The van der Waals surface area contributed by atoms with Crippen LogP contribution in [0.1, 0.15) is 24.6 Å². The molecule has 0 aliphatic carbocycles. The Bertz CT molecular complexity index is 602. The third kappa shape index (κ3) is 3.16. The Balaban J connectivity index is 2.52. The Morgan fingerprint density at radius 1 is 1.25 bits per heavy atom. The zero-order chi connectivity index (χ0) is 14.5. The number of halogens is 1. The fourth-order valence-corrected chi connectivity index (χ4v) is 2.43. The SMILES string of the molecule is CCCc1nc(-c2ccccc2COC)nc(N)c1Br. The molecule has 0 unspecified atom stereocenters. The van der Waals surface area contributed by atoms with Crippen LogP contribution in [0.3, 0.4) is 0 Å². The fraction of sp³-hybridized carbons (Fsp3) is 0.333. The first kappa shape index (κ1) is 14.9. The van der Waals surface area contributed by atoms with Gasteiger partial charge in [0.05, 0.1) is 16.8 Å². The van der Waals surface area contributed by atoms with Crippen LogP contribution in [0.2, 0.25) is 0 Å². The van der Waals surface area contributed by atoms with E-state index in [-0.39, 0.29) is 0 Å². The van der Waals surface area contributed by atoms with Crippen LogP contribution in [-0.2, 0) is 17.8 Å². The van der Waals surface area contributed by atoms with Gasteiger partial charge < -0.3 is 10.5 Å². The molecule has 0 aliphatic heterocycles. The van der Waals surface area contributed by atoms with Crippen molar-refractivity contribution in [3.8, 4) is 11.4 Å². The van der Waals surface area contributed by atoms with Crippen LogP contribution < -0.4 is 5.73 Å². The molecule has 0 spiro atoms. The predicted molar refractivity (Wildman–Crippen MR) is 84.3 cm³/mol. The van der Waals surface area contributed by atoms with Gasteiger partial charge >= 0.3 is 0 Å². The summed E-state index contributed by atoms with van der Waals surface area (Å²) in [4.78, 5) is 9.04. The summed E-state index contributed by atoms with van der Waals surface area (Å²) in [6.45, 7) is 2.64. The first-order valence-corrected chi connectivity index (χ1v) is 7.35. The largest absolute Gasteiger partial charge is 0.383 e. The molecule has 0 saturated heterocycles. The lowest BCUT2D eigenvalue weighted by Crippen LogP contribution is -2.04. The van der Waals surface area contributed by atoms with Crippen molar-refractivity contribution in [2.75, 3.05) is 12.8 Å². The van der Waals surface area contributed by atoms with E-state index in [1.165, 1.54) is 0 Å². The van der Waals surface area contributed by atoms with Gasteiger partial charge in [0.2, 0.25) is 0 Å². The third-order valence-electron chi connectivity index (χ3n) is 2.99. The summed E-state index contributed by atoms with van der Waals surface area (Å²) in [7, 11) is 1.68. The summed E-state index contributed by atoms with van der Waals surface area (Å²) < 4.78 is 6.02. The highest BCUT2D eigenvalue weighted by molar-refractivity contribution is 9.10. The molecule has 0 saturated carbocycles. The second-order valence-corrected chi connectivity index (χ2v) is 5.33. The number of nitrogens with zero attached hydrogens (tertiary/aromatic N) is 2. The molecule has 2 N–H and O–H groups in total. The average Bonchev–Trinajstić information content (AvgIpc) is 2.45. The second kappa shape index (κ2) is 6.81. The number of ether oxygens (including phenoxy) is 1. The fourth-order valence-electron chi connectivity index (χ4n) is 2.06. The maximum atomic E-state index is 5.98. The minimum absolute atomic E-state index is 0.477. The molecule has 106 valence electrons. The van der Waals surface area contributed by atoms with E-state index in [4.69, 9.17) is 10.5 Å². The molecule has 0 atom stereocenters. The summed E-state index contributed by atoms with van der Waals surface area (Å²) in [5.74, 6) is 1.13. The molecule has 0 aliphatic rings. The molecule has 2 rings (SSSR count). The van der Waals surface area contributed by atoms with E-state index in [1.807, 2.05) is 24.3 Å². The minimum atomic E-state index is 0.477. The number of rotatable bonds is 5. The zero-order valence-electron chi connectivity index (χ0n) is 11.7. The number of hydrogen-bond donors (Lipinski definition) is 1. The maximum absolute atomic E-state index is 5.98. The Hall–Kier alpha value is -1.46. The summed E-state index contributed by atoms with van der Waals surface area (Å²) in [5, 5.41) is 0. The van der Waals surface area contributed by atoms with Crippen LogP contribution in [-0.4, -0.2) is 17.1 Å². The molecule has 5 heteroatoms. The van der Waals surface area contributed by atoms with Crippen molar-refractivity contribution in [3.05, 3.63) is 40.0 Å². The molecule has 0 radical (unpaired) electrons. The summed E-state index contributed by atoms with van der Waals surface area (Å²) >= 11 is 3.46. The quantitative estimate of drug-likeness (QED) is 0.906. The van der Waals surface area contributed by atoms with Crippen LogP contribution >= 0.6 is 15.9 Å². The molecule has 0 bridgehead atoms. The van der Waals surface area contributed by atoms with Crippen molar-refractivity contribution in [2.45, 2.75) is 26.4 Å². The topological polar surface area (TPSA) is 61.0 Å². The Kier molecular flexibility index (Phi) is 5.09. The van der Waals surface area contributed by atoms with Crippen LogP contribution in [0.15, 0.2) is 28.7 Å². The zero-order valence-corrected chi connectivity index (χ0v) is 13.3. The molecule has 1 aromatic carbocycles. The van der Waals surface area contributed by atoms with Crippen molar-refractivity contribution in [1.82, 2.24) is 9.97 Å². The minimum Gasteiger partial charge on any atom is -0.383 e. The molecular formula is C15H18BrN3O. The average molecular weight is 336 g/mol. The van der Waals surface area contributed by atoms with E-state index < -0.39 is 0 Å². The Labute approximate surface area is 127 Å². The molecule has 1 heterocycles. The van der Waals surface area contributed by atoms with E-state index in [9.17, 15) is 0 Å². The van der Waals surface area contributed by atoms with Gasteiger partial charge in [-0.05, 0) is 27.9 Å². The van der Waals surface area contributed by atoms with Crippen molar-refractivity contribution in [3.63, 3.8) is 0 Å². The number of hydrogen-bond acceptors (Lipinski definition) is 4. The second-order valence-electron chi connectivity index (χ2n) is 4.53. The molecule has 4 nitrogen and oxygen atoms in total. The highest BCUT2D eigenvalue weighted by Crippen LogP contribution is 2.28. The lowest BCUT2D eigenvalue weighted by molar-refractivity contribution is 0.185. The van der Waals surface area contributed by atoms with E-state index in [0.717, 1.165) is 34.1 Å². The molecule has 0 fully saturated rings. The molecule has 20 heavy (non-hydrogen) atoms. The smallest absolute Gasteiger partial charge is 0.162 e. The summed E-state index contributed by atoms with van der Waals surface area (Å²) in [6, 6.07) is 7.95. The first-order chi connectivity index (χ1) is 9.67. The van der Waals surface area contributed by atoms with Gasteiger partial charge in [0, 0.05) is 12.7 Å². The Morgan fingerprint density at radius 2 is 2.00 bits per heavy atom. The normalized spacial score (nSPS) is 10.8. The monoisotopic (exact) mass is 335 g/mol. The third-order valence-corrected chi connectivity index (χ3v) is 3.85. The highest BCUT2D eigenvalue weighted by atomic mass is 79.9. The van der Waals surface area contributed by atoms with E-state index >= 15 is 0 Å². The van der Waals surface area contributed by atoms with Crippen molar-refractivity contribution in [1.29, 1.82) is 0 Å². The van der Waals surface area contributed by atoms with Gasteiger partial charge in [-0.2, -0.15) is 0 Å². The molecule has 0 amide bonds. The van der Waals surface area contributed by atoms with Gasteiger partial charge in [0.15, 0.2) is 5.82 Å². The summed E-state index contributed by atoms with van der Waals surface area (Å²) in [5.41, 5.74) is 8.95. The van der Waals surface area contributed by atoms with Crippen molar-refractivity contribution < 1.29 is 4.74 Å². The van der Waals surface area contributed by atoms with Gasteiger partial charge in [0.1, 0.15) is 5.82 Å². The van der Waals surface area contributed by atoms with E-state index in [2.05, 4.69) is 32.8 Å². The van der Waals surface area contributed by atoms with Crippen LogP contribution in [0, 0.1) is 0 Å². The van der Waals surface area contributed by atoms with Gasteiger partial charge in [0.25, 0.3) is 0 Å².